The number of anilines is 1. The van der Waals surface area contributed by atoms with Crippen LogP contribution in [0.1, 0.15) is 27.4 Å². The third-order valence-electron chi connectivity index (χ3n) is 4.78. The van der Waals surface area contributed by atoms with E-state index in [2.05, 4.69) is 5.32 Å². The Kier molecular flexibility index (Phi) is 7.05. The summed E-state index contributed by atoms with van der Waals surface area (Å²) in [5.41, 5.74) is -0.358. The maximum atomic E-state index is 13.1. The number of benzene rings is 2. The molecule has 3 rings (SSSR count). The van der Waals surface area contributed by atoms with Gasteiger partial charge < -0.3 is 28.7 Å². The summed E-state index contributed by atoms with van der Waals surface area (Å²) in [6, 6.07) is 9.34. The van der Waals surface area contributed by atoms with E-state index in [4.69, 9.17) is 23.4 Å². The van der Waals surface area contributed by atoms with E-state index in [9.17, 15) is 18.0 Å². The number of ether oxygens (including phenoxy) is 4. The zero-order valence-electron chi connectivity index (χ0n) is 18.3. The number of alkyl halides is 3. The number of rotatable bonds is 8. The molecule has 176 valence electrons. The summed E-state index contributed by atoms with van der Waals surface area (Å²) < 4.78 is 65.9. The van der Waals surface area contributed by atoms with Crippen LogP contribution in [0.15, 0.2) is 46.9 Å². The number of nitrogens with one attached hydrogen (secondary N) is 1. The number of amides is 1. The van der Waals surface area contributed by atoms with Crippen molar-refractivity contribution in [3.63, 3.8) is 0 Å². The average molecular weight is 465 g/mol. The molecule has 3 aromatic rings. The summed E-state index contributed by atoms with van der Waals surface area (Å²) in [7, 11) is 5.76. The van der Waals surface area contributed by atoms with Crippen LogP contribution in [0.4, 0.5) is 18.9 Å². The Morgan fingerprint density at radius 1 is 0.879 bits per heavy atom. The molecule has 1 aromatic heterocycles. The van der Waals surface area contributed by atoms with Gasteiger partial charge in [0.15, 0.2) is 5.76 Å². The van der Waals surface area contributed by atoms with Crippen LogP contribution in [0.25, 0.3) is 0 Å². The molecule has 7 nitrogen and oxygen atoms in total. The number of halogens is 3. The van der Waals surface area contributed by atoms with Crippen LogP contribution in [0.2, 0.25) is 0 Å². The van der Waals surface area contributed by atoms with Crippen molar-refractivity contribution < 1.29 is 41.3 Å². The minimum Gasteiger partial charge on any atom is -0.497 e. The second kappa shape index (κ2) is 9.76. The summed E-state index contributed by atoms with van der Waals surface area (Å²) in [5, 5.41) is 2.40. The molecule has 0 radical (unpaired) electrons. The van der Waals surface area contributed by atoms with E-state index in [0.29, 0.717) is 28.6 Å². The van der Waals surface area contributed by atoms with E-state index < -0.39 is 17.6 Å². The molecule has 2 aromatic carbocycles. The quantitative estimate of drug-likeness (QED) is 0.494. The molecule has 1 heterocycles. The first-order valence-corrected chi connectivity index (χ1v) is 9.63. The largest absolute Gasteiger partial charge is 0.497 e. The first-order chi connectivity index (χ1) is 15.7. The molecule has 0 unspecified atom stereocenters. The van der Waals surface area contributed by atoms with Crippen molar-refractivity contribution in [2.45, 2.75) is 12.6 Å². The second-order valence-corrected chi connectivity index (χ2v) is 6.86. The van der Waals surface area contributed by atoms with Crippen LogP contribution in [0.5, 0.6) is 23.0 Å². The number of hydrogen-bond donors (Lipinski definition) is 1. The topological polar surface area (TPSA) is 79.2 Å². The normalized spacial score (nSPS) is 11.1. The van der Waals surface area contributed by atoms with Gasteiger partial charge in [-0.05, 0) is 24.3 Å². The van der Waals surface area contributed by atoms with E-state index in [1.165, 1.54) is 40.6 Å². The molecule has 0 spiro atoms. The molecule has 1 amide bonds. The zero-order valence-corrected chi connectivity index (χ0v) is 18.3. The van der Waals surface area contributed by atoms with Crippen LogP contribution in [-0.4, -0.2) is 34.3 Å². The lowest BCUT2D eigenvalue weighted by Crippen LogP contribution is -2.13. The lowest BCUT2D eigenvalue weighted by Gasteiger charge is -2.14. The SMILES string of the molecule is COc1cc(NC(=O)c2ccc(Cc3c(OC)cc(OC)cc3OC)o2)cc(C(F)(F)F)c1. The fourth-order valence-corrected chi connectivity index (χ4v) is 3.17. The fraction of sp³-hybridized carbons (Fsp3) is 0.261. The van der Waals surface area contributed by atoms with Gasteiger partial charge in [0.05, 0.1) is 34.0 Å². The Labute approximate surface area is 188 Å². The van der Waals surface area contributed by atoms with E-state index in [0.717, 1.165) is 12.1 Å². The van der Waals surface area contributed by atoms with E-state index in [1.54, 1.807) is 18.2 Å². The minimum atomic E-state index is -4.59. The predicted octanol–water partition coefficient (Wildman–Crippen LogP) is 5.18. The molecule has 33 heavy (non-hydrogen) atoms. The Morgan fingerprint density at radius 3 is 2.03 bits per heavy atom. The van der Waals surface area contributed by atoms with Crippen LogP contribution in [-0.2, 0) is 12.6 Å². The first kappa shape index (κ1) is 23.8. The Morgan fingerprint density at radius 2 is 1.48 bits per heavy atom. The fourth-order valence-electron chi connectivity index (χ4n) is 3.17. The van der Waals surface area contributed by atoms with Gasteiger partial charge in [0.2, 0.25) is 0 Å². The van der Waals surface area contributed by atoms with Gasteiger partial charge in [0.25, 0.3) is 5.91 Å². The highest BCUT2D eigenvalue weighted by Crippen LogP contribution is 2.36. The summed E-state index contributed by atoms with van der Waals surface area (Å²) in [6.45, 7) is 0. The predicted molar refractivity (Wildman–Crippen MR) is 114 cm³/mol. The molecule has 0 aliphatic carbocycles. The molecule has 0 aliphatic rings. The average Bonchev–Trinajstić information content (AvgIpc) is 3.27. The molecule has 0 fully saturated rings. The number of methoxy groups -OCH3 is 4. The smallest absolute Gasteiger partial charge is 0.416 e. The van der Waals surface area contributed by atoms with Gasteiger partial charge in [-0.3, -0.25) is 4.79 Å². The van der Waals surface area contributed by atoms with Crippen molar-refractivity contribution in [2.24, 2.45) is 0 Å². The summed E-state index contributed by atoms with van der Waals surface area (Å²) in [4.78, 5) is 12.6. The van der Waals surface area contributed by atoms with Gasteiger partial charge in [-0.2, -0.15) is 13.2 Å². The van der Waals surface area contributed by atoms with Crippen molar-refractivity contribution in [1.29, 1.82) is 0 Å². The standard InChI is InChI=1S/C23H22F3NO6/c1-29-16-8-13(23(24,25)26)7-14(9-16)27-22(28)19-6-5-15(33-19)10-18-20(31-3)11-17(30-2)12-21(18)32-4/h5-9,11-12H,10H2,1-4H3,(H,27,28). The monoisotopic (exact) mass is 465 g/mol. The number of carbonyl (C=O) groups is 1. The Bertz CT molecular complexity index is 1110. The third-order valence-corrected chi connectivity index (χ3v) is 4.78. The highest BCUT2D eigenvalue weighted by Gasteiger charge is 2.31. The molecule has 1 N–H and O–H groups in total. The van der Waals surface area contributed by atoms with Gasteiger partial charge in [-0.15, -0.1) is 0 Å². The second-order valence-electron chi connectivity index (χ2n) is 6.86. The number of carbonyl (C=O) groups excluding carboxylic acids is 1. The molecule has 10 heteroatoms. The molecule has 0 aliphatic heterocycles. The van der Waals surface area contributed by atoms with E-state index in [-0.39, 0.29) is 23.6 Å². The van der Waals surface area contributed by atoms with Gasteiger partial charge in [0, 0.05) is 35.9 Å². The summed E-state index contributed by atoms with van der Waals surface area (Å²) in [6.07, 6.45) is -4.36. The lowest BCUT2D eigenvalue weighted by atomic mass is 10.1. The van der Waals surface area contributed by atoms with Crippen molar-refractivity contribution in [3.8, 4) is 23.0 Å². The third kappa shape index (κ3) is 5.51. The van der Waals surface area contributed by atoms with Crippen molar-refractivity contribution in [3.05, 3.63) is 65.1 Å². The van der Waals surface area contributed by atoms with Gasteiger partial charge in [-0.1, -0.05) is 0 Å². The van der Waals surface area contributed by atoms with E-state index in [1.807, 2.05) is 0 Å². The van der Waals surface area contributed by atoms with Crippen molar-refractivity contribution in [1.82, 2.24) is 0 Å². The maximum absolute atomic E-state index is 13.1. The zero-order chi connectivity index (χ0) is 24.2. The van der Waals surface area contributed by atoms with Crippen LogP contribution in [0, 0.1) is 0 Å². The van der Waals surface area contributed by atoms with Crippen LogP contribution < -0.4 is 24.3 Å². The van der Waals surface area contributed by atoms with Gasteiger partial charge in [0.1, 0.15) is 28.8 Å². The molecule has 0 atom stereocenters. The summed E-state index contributed by atoms with van der Waals surface area (Å²) >= 11 is 0. The summed E-state index contributed by atoms with van der Waals surface area (Å²) in [5.74, 6) is 1.14. The van der Waals surface area contributed by atoms with Gasteiger partial charge in [-0.25, -0.2) is 0 Å². The van der Waals surface area contributed by atoms with E-state index >= 15 is 0 Å². The van der Waals surface area contributed by atoms with Crippen LogP contribution >= 0.6 is 0 Å². The lowest BCUT2D eigenvalue weighted by molar-refractivity contribution is -0.137. The molecule has 0 bridgehead atoms. The minimum absolute atomic E-state index is 0.0426. The maximum Gasteiger partial charge on any atom is 0.416 e. The van der Waals surface area contributed by atoms with Gasteiger partial charge >= 0.3 is 6.18 Å². The van der Waals surface area contributed by atoms with Crippen molar-refractivity contribution >= 4 is 11.6 Å². The molecule has 0 saturated carbocycles. The van der Waals surface area contributed by atoms with Crippen LogP contribution in [0.3, 0.4) is 0 Å². The highest BCUT2D eigenvalue weighted by molar-refractivity contribution is 6.02. The Hall–Kier alpha value is -3.82. The number of hydrogen-bond acceptors (Lipinski definition) is 6. The first-order valence-electron chi connectivity index (χ1n) is 9.63. The molecule has 0 saturated heterocycles. The van der Waals surface area contributed by atoms with Crippen molar-refractivity contribution in [2.75, 3.05) is 33.8 Å². The molecular formula is C23H22F3NO6. The molecular weight excluding hydrogens is 443 g/mol. The highest BCUT2D eigenvalue weighted by atomic mass is 19.4. The number of furan rings is 1. The Balaban J connectivity index is 1.82.